The molecule has 0 aliphatic carbocycles. The molecule has 0 saturated carbocycles. The highest BCUT2D eigenvalue weighted by Gasteiger charge is 2.10. The van der Waals surface area contributed by atoms with Gasteiger partial charge in [-0.2, -0.15) is 0 Å². The van der Waals surface area contributed by atoms with Crippen LogP contribution in [0.25, 0.3) is 0 Å². The summed E-state index contributed by atoms with van der Waals surface area (Å²) in [5.74, 6) is 1.38. The molecule has 4 nitrogen and oxygen atoms in total. The number of hydrogen-bond donors (Lipinski definition) is 1. The molecule has 1 aromatic carbocycles. The molecule has 0 aliphatic heterocycles. The van der Waals surface area contributed by atoms with Gasteiger partial charge in [0.15, 0.2) is 11.5 Å². The van der Waals surface area contributed by atoms with Crippen LogP contribution in [-0.4, -0.2) is 18.7 Å². The molecule has 1 N–H and O–H groups in total. The third-order valence-electron chi connectivity index (χ3n) is 3.14. The maximum absolute atomic E-state index is 6.33. The molecule has 0 atom stereocenters. The Bertz CT molecular complexity index is 591. The molecule has 118 valence electrons. The van der Waals surface area contributed by atoms with E-state index in [0.29, 0.717) is 36.2 Å². The van der Waals surface area contributed by atoms with Gasteiger partial charge in [0.1, 0.15) is 0 Å². The highest BCUT2D eigenvalue weighted by molar-refractivity contribution is 6.31. The number of aromatic nitrogens is 1. The van der Waals surface area contributed by atoms with Crippen molar-refractivity contribution in [3.8, 4) is 11.5 Å². The Balaban J connectivity index is 2.01. The Morgan fingerprint density at radius 3 is 2.73 bits per heavy atom. The minimum Gasteiger partial charge on any atom is -0.493 e. The zero-order chi connectivity index (χ0) is 15.8. The highest BCUT2D eigenvalue weighted by atomic mass is 35.5. The molecule has 0 aliphatic rings. The molecule has 0 radical (unpaired) electrons. The van der Waals surface area contributed by atoms with E-state index in [-0.39, 0.29) is 0 Å². The lowest BCUT2D eigenvalue weighted by molar-refractivity contribution is 0.294. The highest BCUT2D eigenvalue weighted by Crippen LogP contribution is 2.33. The first-order chi connectivity index (χ1) is 10.7. The van der Waals surface area contributed by atoms with E-state index in [1.165, 1.54) is 0 Å². The van der Waals surface area contributed by atoms with Gasteiger partial charge in [-0.05, 0) is 30.2 Å². The number of nitrogens with one attached hydrogen (secondary N) is 1. The van der Waals surface area contributed by atoms with Crippen molar-refractivity contribution in [3.63, 3.8) is 0 Å². The van der Waals surface area contributed by atoms with Crippen molar-refractivity contribution >= 4 is 11.6 Å². The van der Waals surface area contributed by atoms with Gasteiger partial charge in [-0.1, -0.05) is 24.6 Å². The average Bonchev–Trinajstić information content (AvgIpc) is 2.55. The largest absolute Gasteiger partial charge is 0.493 e. The zero-order valence-electron chi connectivity index (χ0n) is 12.9. The molecule has 5 heteroatoms. The Hall–Kier alpha value is -1.78. The monoisotopic (exact) mass is 320 g/mol. The molecular weight excluding hydrogens is 300 g/mol. The van der Waals surface area contributed by atoms with Crippen molar-refractivity contribution in [2.75, 3.05) is 13.7 Å². The molecule has 0 spiro atoms. The van der Waals surface area contributed by atoms with Gasteiger partial charge in [0.25, 0.3) is 0 Å². The van der Waals surface area contributed by atoms with E-state index in [4.69, 9.17) is 21.1 Å². The summed E-state index contributed by atoms with van der Waals surface area (Å²) in [7, 11) is 1.63. The number of methoxy groups -OCH3 is 1. The van der Waals surface area contributed by atoms with E-state index in [1.807, 2.05) is 30.3 Å². The van der Waals surface area contributed by atoms with Crippen LogP contribution in [-0.2, 0) is 13.1 Å². The van der Waals surface area contributed by atoms with Gasteiger partial charge in [0, 0.05) is 30.4 Å². The number of halogens is 1. The quantitative estimate of drug-likeness (QED) is 0.803. The third-order valence-corrected chi connectivity index (χ3v) is 3.49. The van der Waals surface area contributed by atoms with Gasteiger partial charge in [-0.15, -0.1) is 0 Å². The van der Waals surface area contributed by atoms with Gasteiger partial charge in [0.05, 0.1) is 19.4 Å². The molecule has 2 aromatic rings. The lowest BCUT2D eigenvalue weighted by atomic mass is 10.2. The van der Waals surface area contributed by atoms with Gasteiger partial charge >= 0.3 is 0 Å². The van der Waals surface area contributed by atoms with Crippen LogP contribution in [0.15, 0.2) is 36.5 Å². The van der Waals surface area contributed by atoms with Crippen LogP contribution in [0.2, 0.25) is 5.02 Å². The minimum atomic E-state index is 0.639. The maximum atomic E-state index is 6.33. The topological polar surface area (TPSA) is 43.4 Å². The first-order valence-corrected chi connectivity index (χ1v) is 7.72. The molecule has 0 fully saturated rings. The molecular formula is C17H21ClN2O2. The maximum Gasteiger partial charge on any atom is 0.162 e. The summed E-state index contributed by atoms with van der Waals surface area (Å²) in [6.45, 7) is 4.03. The van der Waals surface area contributed by atoms with Gasteiger partial charge in [-0.3, -0.25) is 4.98 Å². The van der Waals surface area contributed by atoms with Crippen LogP contribution >= 0.6 is 11.6 Å². The lowest BCUT2D eigenvalue weighted by Gasteiger charge is -2.14. The predicted octanol–water partition coefficient (Wildman–Crippen LogP) is 3.82. The summed E-state index contributed by atoms with van der Waals surface area (Å²) in [6, 6.07) is 9.59. The van der Waals surface area contributed by atoms with Gasteiger partial charge in [0.2, 0.25) is 0 Å². The fraction of sp³-hybridized carbons (Fsp3) is 0.353. The zero-order valence-corrected chi connectivity index (χ0v) is 13.7. The number of rotatable bonds is 8. The number of benzene rings is 1. The molecule has 2 rings (SSSR count). The summed E-state index contributed by atoms with van der Waals surface area (Å²) in [4.78, 5) is 4.27. The molecule has 0 bridgehead atoms. The van der Waals surface area contributed by atoms with E-state index in [9.17, 15) is 0 Å². The second-order valence-electron chi connectivity index (χ2n) is 4.87. The summed E-state index contributed by atoms with van der Waals surface area (Å²) in [6.07, 6.45) is 2.72. The molecule has 22 heavy (non-hydrogen) atoms. The lowest BCUT2D eigenvalue weighted by Crippen LogP contribution is -2.14. The van der Waals surface area contributed by atoms with Crippen LogP contribution in [0.4, 0.5) is 0 Å². The predicted molar refractivity (Wildman–Crippen MR) is 88.6 cm³/mol. The van der Waals surface area contributed by atoms with E-state index in [0.717, 1.165) is 17.7 Å². The van der Waals surface area contributed by atoms with Gasteiger partial charge in [-0.25, -0.2) is 0 Å². The van der Waals surface area contributed by atoms with Crippen molar-refractivity contribution in [3.05, 3.63) is 52.8 Å². The van der Waals surface area contributed by atoms with Crippen LogP contribution in [0.3, 0.4) is 0 Å². The van der Waals surface area contributed by atoms with Crippen molar-refractivity contribution in [2.24, 2.45) is 0 Å². The Kier molecular flexibility index (Phi) is 6.49. The van der Waals surface area contributed by atoms with Crippen LogP contribution < -0.4 is 14.8 Å². The standard InChI is InChI=1S/C17H21ClN2O2/c1-3-8-22-17-10-15(18)13(9-16(17)21-2)11-19-12-14-6-4-5-7-20-14/h4-7,9-10,19H,3,8,11-12H2,1-2H3. The molecule has 0 amide bonds. The number of hydrogen-bond acceptors (Lipinski definition) is 4. The summed E-state index contributed by atoms with van der Waals surface area (Å²) < 4.78 is 11.0. The normalized spacial score (nSPS) is 10.5. The van der Waals surface area contributed by atoms with E-state index in [2.05, 4.69) is 17.2 Å². The van der Waals surface area contributed by atoms with E-state index < -0.39 is 0 Å². The summed E-state index contributed by atoms with van der Waals surface area (Å²) in [5.41, 5.74) is 1.96. The van der Waals surface area contributed by atoms with Crippen LogP contribution in [0, 0.1) is 0 Å². The van der Waals surface area contributed by atoms with Crippen molar-refractivity contribution in [1.29, 1.82) is 0 Å². The first-order valence-electron chi connectivity index (χ1n) is 7.34. The molecule has 1 aromatic heterocycles. The second kappa shape index (κ2) is 8.61. The van der Waals surface area contributed by atoms with Gasteiger partial charge < -0.3 is 14.8 Å². The van der Waals surface area contributed by atoms with Crippen molar-refractivity contribution < 1.29 is 9.47 Å². The fourth-order valence-electron chi connectivity index (χ4n) is 2.02. The smallest absolute Gasteiger partial charge is 0.162 e. The SMILES string of the molecule is CCCOc1cc(Cl)c(CNCc2ccccn2)cc1OC. The van der Waals surface area contributed by atoms with Crippen molar-refractivity contribution in [1.82, 2.24) is 10.3 Å². The third kappa shape index (κ3) is 4.61. The molecule has 1 heterocycles. The van der Waals surface area contributed by atoms with E-state index in [1.54, 1.807) is 13.3 Å². The van der Waals surface area contributed by atoms with E-state index >= 15 is 0 Å². The Labute approximate surface area is 136 Å². The molecule has 0 unspecified atom stereocenters. The number of nitrogens with zero attached hydrogens (tertiary/aromatic N) is 1. The summed E-state index contributed by atoms with van der Waals surface area (Å²) in [5, 5.41) is 4.00. The summed E-state index contributed by atoms with van der Waals surface area (Å²) >= 11 is 6.33. The minimum absolute atomic E-state index is 0.639. The first kappa shape index (κ1) is 16.6. The molecule has 0 saturated heterocycles. The number of ether oxygens (including phenoxy) is 2. The number of pyridine rings is 1. The second-order valence-corrected chi connectivity index (χ2v) is 5.27. The average molecular weight is 321 g/mol. The fourth-order valence-corrected chi connectivity index (χ4v) is 2.25. The Morgan fingerprint density at radius 2 is 2.05 bits per heavy atom. The van der Waals surface area contributed by atoms with Crippen molar-refractivity contribution in [2.45, 2.75) is 26.4 Å². The van der Waals surface area contributed by atoms with Crippen LogP contribution in [0.5, 0.6) is 11.5 Å². The van der Waals surface area contributed by atoms with Crippen LogP contribution in [0.1, 0.15) is 24.6 Å². The Morgan fingerprint density at radius 1 is 1.18 bits per heavy atom.